The third-order valence-electron chi connectivity index (χ3n) is 7.02. The Kier molecular flexibility index (Phi) is 3.72. The fourth-order valence-corrected chi connectivity index (χ4v) is 5.47. The van der Waals surface area contributed by atoms with Crippen molar-refractivity contribution >= 4 is 32.7 Å². The van der Waals surface area contributed by atoms with Gasteiger partial charge in [-0.3, -0.25) is 4.98 Å². The molecular weight excluding hydrogens is 378 g/mol. The van der Waals surface area contributed by atoms with Crippen LogP contribution in [0.15, 0.2) is 59.1 Å². The average Bonchev–Trinajstić information content (AvgIpc) is 3.12. The summed E-state index contributed by atoms with van der Waals surface area (Å²) in [5.41, 5.74) is 9.18. The predicted molar refractivity (Wildman–Crippen MR) is 130 cm³/mol. The highest BCUT2D eigenvalue weighted by Crippen LogP contribution is 2.51. The van der Waals surface area contributed by atoms with E-state index in [4.69, 9.17) is 9.40 Å². The fourth-order valence-electron chi connectivity index (χ4n) is 5.47. The summed E-state index contributed by atoms with van der Waals surface area (Å²) in [4.78, 5) is 5.00. The molecule has 5 aromatic rings. The number of rotatable bonds is 2. The van der Waals surface area contributed by atoms with Crippen LogP contribution < -0.4 is 0 Å². The van der Waals surface area contributed by atoms with Crippen molar-refractivity contribution in [2.75, 3.05) is 0 Å². The van der Waals surface area contributed by atoms with Crippen LogP contribution in [0.5, 0.6) is 0 Å². The van der Waals surface area contributed by atoms with Crippen LogP contribution in [0.3, 0.4) is 0 Å². The molecule has 154 valence electrons. The Morgan fingerprint density at radius 2 is 1.65 bits per heavy atom. The van der Waals surface area contributed by atoms with Crippen LogP contribution in [0.4, 0.5) is 0 Å². The Balaban J connectivity index is 1.84. The zero-order valence-electron chi connectivity index (χ0n) is 18.8. The van der Waals surface area contributed by atoms with Gasteiger partial charge in [0.05, 0.1) is 11.1 Å². The van der Waals surface area contributed by atoms with Crippen molar-refractivity contribution in [3.05, 3.63) is 77.0 Å². The molecule has 1 aliphatic rings. The first-order valence-corrected chi connectivity index (χ1v) is 11.2. The summed E-state index contributed by atoms with van der Waals surface area (Å²) in [7, 11) is 0. The number of hydrogen-bond acceptors (Lipinski definition) is 2. The summed E-state index contributed by atoms with van der Waals surface area (Å²) in [6.45, 7) is 11.3. The maximum Gasteiger partial charge on any atom is 0.142 e. The number of pyridine rings is 1. The predicted octanol–water partition coefficient (Wildman–Crippen LogP) is 7.95. The lowest BCUT2D eigenvalue weighted by Crippen LogP contribution is -2.20. The lowest BCUT2D eigenvalue weighted by Gasteiger charge is -2.28. The topological polar surface area (TPSA) is 26.0 Å². The van der Waals surface area contributed by atoms with E-state index in [0.29, 0.717) is 5.92 Å². The average molecular weight is 406 g/mol. The molecule has 0 spiro atoms. The number of fused-ring (bicyclic) bond motifs is 3. The van der Waals surface area contributed by atoms with Crippen LogP contribution in [0.1, 0.15) is 49.9 Å². The van der Waals surface area contributed by atoms with Crippen LogP contribution >= 0.6 is 0 Å². The first-order valence-electron chi connectivity index (χ1n) is 11.2. The van der Waals surface area contributed by atoms with Crippen molar-refractivity contribution in [2.45, 2.75) is 46.5 Å². The summed E-state index contributed by atoms with van der Waals surface area (Å²) < 4.78 is 6.63. The van der Waals surface area contributed by atoms with Crippen molar-refractivity contribution in [1.29, 1.82) is 0 Å². The fraction of sp³-hybridized carbons (Fsp3) is 0.276. The number of nitrogens with zero attached hydrogens (tertiary/aromatic N) is 1. The molecule has 1 aliphatic carbocycles. The molecule has 0 radical (unpaired) electrons. The summed E-state index contributed by atoms with van der Waals surface area (Å²) in [6.07, 6.45) is 2.98. The van der Waals surface area contributed by atoms with E-state index in [1.54, 1.807) is 0 Å². The third-order valence-corrected chi connectivity index (χ3v) is 7.02. The van der Waals surface area contributed by atoms with Gasteiger partial charge in [-0.25, -0.2) is 0 Å². The van der Waals surface area contributed by atoms with E-state index in [9.17, 15) is 0 Å². The Bertz CT molecular complexity index is 1520. The van der Waals surface area contributed by atoms with Crippen LogP contribution in [-0.4, -0.2) is 4.98 Å². The zero-order chi connectivity index (χ0) is 21.5. The largest absolute Gasteiger partial charge is 0.455 e. The molecule has 0 saturated carbocycles. The molecule has 2 heterocycles. The number of aromatic nitrogens is 1. The van der Waals surface area contributed by atoms with Crippen molar-refractivity contribution in [2.24, 2.45) is 5.92 Å². The number of furan rings is 1. The van der Waals surface area contributed by atoms with E-state index < -0.39 is 0 Å². The first kappa shape index (κ1) is 18.6. The number of hydrogen-bond donors (Lipinski definition) is 0. The molecule has 0 N–H and O–H groups in total. The standard InChI is InChI=1S/C29H27NO/c1-16(2)12-20-10-11-22-24-25-26(30-15-17(3)27(25)31-28(20)24)21-13-18-8-6-7-9-19(18)14-23(21)29(22,4)5/h6-11,13-16H,12H2,1-5H3. The highest BCUT2D eigenvalue weighted by Gasteiger charge is 2.35. The monoisotopic (exact) mass is 405 g/mol. The van der Waals surface area contributed by atoms with Gasteiger partial charge in [0.25, 0.3) is 0 Å². The molecule has 2 heteroatoms. The molecule has 2 nitrogen and oxygen atoms in total. The van der Waals surface area contributed by atoms with Gasteiger partial charge in [0.15, 0.2) is 0 Å². The van der Waals surface area contributed by atoms with Gasteiger partial charge in [0, 0.05) is 28.1 Å². The van der Waals surface area contributed by atoms with Gasteiger partial charge in [0.1, 0.15) is 11.2 Å². The molecule has 31 heavy (non-hydrogen) atoms. The molecule has 0 unspecified atom stereocenters. The summed E-state index contributed by atoms with van der Waals surface area (Å²) in [5.74, 6) is 0.571. The van der Waals surface area contributed by atoms with E-state index in [-0.39, 0.29) is 5.41 Å². The molecule has 2 aromatic heterocycles. The first-order chi connectivity index (χ1) is 14.9. The summed E-state index contributed by atoms with van der Waals surface area (Å²) >= 11 is 0. The minimum Gasteiger partial charge on any atom is -0.455 e. The van der Waals surface area contributed by atoms with Gasteiger partial charge >= 0.3 is 0 Å². The number of benzene rings is 3. The molecule has 3 aromatic carbocycles. The maximum atomic E-state index is 6.63. The molecule has 0 fully saturated rings. The van der Waals surface area contributed by atoms with Crippen LogP contribution in [-0.2, 0) is 11.8 Å². The maximum absolute atomic E-state index is 6.63. The van der Waals surface area contributed by atoms with Crippen LogP contribution in [0.2, 0.25) is 0 Å². The van der Waals surface area contributed by atoms with Crippen molar-refractivity contribution in [1.82, 2.24) is 4.98 Å². The highest BCUT2D eigenvalue weighted by atomic mass is 16.3. The second-order valence-electron chi connectivity index (χ2n) is 10.0. The van der Waals surface area contributed by atoms with Crippen LogP contribution in [0, 0.1) is 12.8 Å². The van der Waals surface area contributed by atoms with E-state index in [1.165, 1.54) is 43.8 Å². The quantitative estimate of drug-likeness (QED) is 0.298. The van der Waals surface area contributed by atoms with E-state index in [2.05, 4.69) is 83.1 Å². The second-order valence-corrected chi connectivity index (χ2v) is 10.0. The lowest BCUT2D eigenvalue weighted by atomic mass is 9.75. The van der Waals surface area contributed by atoms with Crippen molar-refractivity contribution in [3.63, 3.8) is 0 Å². The second kappa shape index (κ2) is 6.20. The van der Waals surface area contributed by atoms with Gasteiger partial charge in [0.2, 0.25) is 0 Å². The normalized spacial score (nSPS) is 14.6. The SMILES string of the molecule is Cc1cnc2c3c1oc1c(CC(C)C)ccc(c13)C(C)(C)c1cc3ccccc3cc1-2. The zero-order valence-corrected chi connectivity index (χ0v) is 18.8. The Labute approximate surface area is 182 Å². The van der Waals surface area contributed by atoms with Crippen LogP contribution in [0.25, 0.3) is 44.0 Å². The van der Waals surface area contributed by atoms with E-state index >= 15 is 0 Å². The Hall–Kier alpha value is -3.13. The Morgan fingerprint density at radius 1 is 0.903 bits per heavy atom. The van der Waals surface area contributed by atoms with Gasteiger partial charge in [-0.1, -0.05) is 64.1 Å². The minimum absolute atomic E-state index is 0.167. The molecule has 6 rings (SSSR count). The lowest BCUT2D eigenvalue weighted by molar-refractivity contribution is 0.617. The molecule has 0 amide bonds. The summed E-state index contributed by atoms with van der Waals surface area (Å²) in [5, 5.41) is 4.96. The van der Waals surface area contributed by atoms with Crippen molar-refractivity contribution in [3.8, 4) is 11.3 Å². The van der Waals surface area contributed by atoms with Gasteiger partial charge in [-0.2, -0.15) is 0 Å². The van der Waals surface area contributed by atoms with Crippen molar-refractivity contribution < 1.29 is 4.42 Å². The number of aryl methyl sites for hydroxylation is 1. The molecule has 0 saturated heterocycles. The smallest absolute Gasteiger partial charge is 0.142 e. The van der Waals surface area contributed by atoms with Gasteiger partial charge in [-0.15, -0.1) is 0 Å². The van der Waals surface area contributed by atoms with E-state index in [1.807, 2.05) is 6.20 Å². The molecule has 0 atom stereocenters. The Morgan fingerprint density at radius 3 is 2.39 bits per heavy atom. The highest BCUT2D eigenvalue weighted by molar-refractivity contribution is 6.16. The van der Waals surface area contributed by atoms with Gasteiger partial charge in [-0.05, 0) is 58.9 Å². The summed E-state index contributed by atoms with van der Waals surface area (Å²) in [6, 6.07) is 17.9. The van der Waals surface area contributed by atoms with Gasteiger partial charge < -0.3 is 4.42 Å². The third kappa shape index (κ3) is 2.48. The molecule has 0 aliphatic heterocycles. The van der Waals surface area contributed by atoms with E-state index in [0.717, 1.165) is 28.8 Å². The molecule has 0 bridgehead atoms. The minimum atomic E-state index is -0.167. The molecular formula is C29H27NO.